The maximum atomic E-state index is 8.63. The third-order valence-corrected chi connectivity index (χ3v) is 1.32. The van der Waals surface area contributed by atoms with Crippen LogP contribution in [0, 0.1) is 17.2 Å². The maximum Gasteiger partial charge on any atom is 0.0978 e. The van der Waals surface area contributed by atoms with Crippen LogP contribution in [0.3, 0.4) is 0 Å². The molecule has 0 fully saturated rings. The first-order valence-corrected chi connectivity index (χ1v) is 3.73. The van der Waals surface area contributed by atoms with Crippen LogP contribution in [-0.4, -0.2) is 12.1 Å². The molecule has 0 aromatic rings. The van der Waals surface area contributed by atoms with Gasteiger partial charge in [0.1, 0.15) is 0 Å². The Kier molecular flexibility index (Phi) is 4.06. The van der Waals surface area contributed by atoms with Gasteiger partial charge in [0, 0.05) is 6.04 Å². The minimum absolute atomic E-state index is 0.000000000000000444. The summed E-state index contributed by atoms with van der Waals surface area (Å²) in [4.78, 5) is 0. The van der Waals surface area contributed by atoms with Crippen molar-refractivity contribution in [3.8, 4) is 6.07 Å². The van der Waals surface area contributed by atoms with E-state index in [2.05, 4.69) is 11.4 Å². The first-order chi connectivity index (χ1) is 4.57. The van der Waals surface area contributed by atoms with Gasteiger partial charge in [0.05, 0.1) is 12.1 Å². The minimum Gasteiger partial charge on any atom is -0.299 e. The molecule has 0 spiro atoms. The Bertz CT molecular complexity index is 122. The largest absolute Gasteiger partial charge is 0.299 e. The van der Waals surface area contributed by atoms with Crippen molar-refractivity contribution in [1.29, 1.82) is 5.26 Å². The minimum atomic E-state index is -0.000000000000000444. The molecule has 0 aliphatic carbocycles. The Labute approximate surface area is 63.2 Å². The van der Waals surface area contributed by atoms with E-state index in [-0.39, 0.29) is 6.04 Å². The molecule has 1 atom stereocenters. The van der Waals surface area contributed by atoms with Gasteiger partial charge in [-0.3, -0.25) is 5.32 Å². The first-order valence-electron chi connectivity index (χ1n) is 3.73. The first kappa shape index (κ1) is 9.45. The molecule has 2 nitrogen and oxygen atoms in total. The van der Waals surface area contributed by atoms with Gasteiger partial charge in [-0.2, -0.15) is 5.26 Å². The summed E-state index contributed by atoms with van der Waals surface area (Å²) in [5, 5.41) is 11.8. The molecule has 0 saturated carbocycles. The monoisotopic (exact) mass is 140 g/mol. The number of hydrogen-bond acceptors (Lipinski definition) is 2. The summed E-state index contributed by atoms with van der Waals surface area (Å²) in [6.45, 7) is 8.19. The van der Waals surface area contributed by atoms with Crippen molar-refractivity contribution < 1.29 is 0 Å². The predicted octanol–water partition coefficient (Wildman–Crippen LogP) is 1.53. The fraction of sp³-hybridized carbons (Fsp3) is 0.875. The van der Waals surface area contributed by atoms with Gasteiger partial charge in [-0.05, 0) is 19.8 Å². The van der Waals surface area contributed by atoms with Crippen molar-refractivity contribution in [2.24, 2.45) is 5.92 Å². The van der Waals surface area contributed by atoms with E-state index in [1.54, 1.807) is 0 Å². The molecule has 58 valence electrons. The fourth-order valence-corrected chi connectivity index (χ4v) is 0.738. The van der Waals surface area contributed by atoms with E-state index in [1.807, 2.05) is 27.7 Å². The molecule has 0 aliphatic heterocycles. The lowest BCUT2D eigenvalue weighted by atomic mass is 10.1. The van der Waals surface area contributed by atoms with Gasteiger partial charge in [-0.25, -0.2) is 0 Å². The number of nitrogens with one attached hydrogen (secondary N) is 1. The van der Waals surface area contributed by atoms with Crippen LogP contribution >= 0.6 is 0 Å². The normalized spacial score (nSPS) is 13.7. The highest BCUT2D eigenvalue weighted by Crippen LogP contribution is 2.00. The zero-order valence-corrected chi connectivity index (χ0v) is 7.18. The van der Waals surface area contributed by atoms with Crippen molar-refractivity contribution in [1.82, 2.24) is 5.32 Å². The second-order valence-electron chi connectivity index (χ2n) is 3.17. The lowest BCUT2D eigenvalue weighted by Crippen LogP contribution is -2.37. The van der Waals surface area contributed by atoms with Gasteiger partial charge in [-0.1, -0.05) is 13.8 Å². The maximum absolute atomic E-state index is 8.63. The lowest BCUT2D eigenvalue weighted by Gasteiger charge is -2.17. The van der Waals surface area contributed by atoms with E-state index in [0.717, 1.165) is 0 Å². The van der Waals surface area contributed by atoms with Crippen LogP contribution in [0.1, 0.15) is 27.7 Å². The number of nitrogens with zero attached hydrogens (tertiary/aromatic N) is 1. The molecule has 1 unspecified atom stereocenters. The van der Waals surface area contributed by atoms with E-state index in [4.69, 9.17) is 5.26 Å². The van der Waals surface area contributed by atoms with Crippen LogP contribution in [-0.2, 0) is 0 Å². The van der Waals surface area contributed by atoms with Gasteiger partial charge in [-0.15, -0.1) is 0 Å². The lowest BCUT2D eigenvalue weighted by molar-refractivity contribution is 0.436. The van der Waals surface area contributed by atoms with Crippen LogP contribution in [0.15, 0.2) is 0 Å². The van der Waals surface area contributed by atoms with Gasteiger partial charge >= 0.3 is 0 Å². The van der Waals surface area contributed by atoms with Gasteiger partial charge in [0.25, 0.3) is 0 Å². The Hall–Kier alpha value is -0.550. The molecule has 0 aromatic carbocycles. The molecule has 10 heavy (non-hydrogen) atoms. The molecule has 0 saturated heterocycles. The van der Waals surface area contributed by atoms with Crippen molar-refractivity contribution >= 4 is 0 Å². The zero-order chi connectivity index (χ0) is 8.15. The number of nitriles is 1. The van der Waals surface area contributed by atoms with Crippen molar-refractivity contribution in [2.75, 3.05) is 0 Å². The molecule has 1 N–H and O–H groups in total. The van der Waals surface area contributed by atoms with Crippen LogP contribution in [0.2, 0.25) is 0 Å². The standard InChI is InChI=1S/C8H16N2/c1-6(2)8(5-9)10-7(3)4/h6-8,10H,1-4H3. The molecule has 0 radical (unpaired) electrons. The third kappa shape index (κ3) is 3.47. The third-order valence-electron chi connectivity index (χ3n) is 1.32. The van der Waals surface area contributed by atoms with E-state index < -0.39 is 0 Å². The van der Waals surface area contributed by atoms with E-state index in [0.29, 0.717) is 12.0 Å². The predicted molar refractivity (Wildman–Crippen MR) is 42.5 cm³/mol. The van der Waals surface area contributed by atoms with Gasteiger partial charge in [0.15, 0.2) is 0 Å². The van der Waals surface area contributed by atoms with Gasteiger partial charge in [0.2, 0.25) is 0 Å². The van der Waals surface area contributed by atoms with Crippen LogP contribution in [0.4, 0.5) is 0 Å². The number of rotatable bonds is 3. The Morgan fingerprint density at radius 1 is 1.20 bits per heavy atom. The highest BCUT2D eigenvalue weighted by atomic mass is 14.9. The molecule has 0 aromatic heterocycles. The molecule has 2 heteroatoms. The average molecular weight is 140 g/mol. The summed E-state index contributed by atoms with van der Waals surface area (Å²) in [6, 6.07) is 2.62. The SMILES string of the molecule is CC(C)NC(C#N)C(C)C. The molecular formula is C8H16N2. The molecule has 0 bridgehead atoms. The smallest absolute Gasteiger partial charge is 0.0978 e. The Morgan fingerprint density at radius 3 is 1.80 bits per heavy atom. The van der Waals surface area contributed by atoms with E-state index in [9.17, 15) is 0 Å². The summed E-state index contributed by atoms with van der Waals surface area (Å²) in [5.41, 5.74) is 0. The van der Waals surface area contributed by atoms with E-state index >= 15 is 0 Å². The summed E-state index contributed by atoms with van der Waals surface area (Å²) in [7, 11) is 0. The average Bonchev–Trinajstić information content (AvgIpc) is 1.81. The summed E-state index contributed by atoms with van der Waals surface area (Å²) in [5.74, 6) is 0.396. The van der Waals surface area contributed by atoms with Crippen molar-refractivity contribution in [2.45, 2.75) is 39.8 Å². The Morgan fingerprint density at radius 2 is 1.70 bits per heavy atom. The summed E-state index contributed by atoms with van der Waals surface area (Å²) in [6.07, 6.45) is 0. The highest BCUT2D eigenvalue weighted by molar-refractivity contribution is 4.92. The molecular weight excluding hydrogens is 124 g/mol. The van der Waals surface area contributed by atoms with Crippen molar-refractivity contribution in [3.63, 3.8) is 0 Å². The van der Waals surface area contributed by atoms with Crippen molar-refractivity contribution in [3.05, 3.63) is 0 Å². The van der Waals surface area contributed by atoms with Crippen LogP contribution < -0.4 is 5.32 Å². The fourth-order valence-electron chi connectivity index (χ4n) is 0.738. The number of hydrogen-bond donors (Lipinski definition) is 1. The van der Waals surface area contributed by atoms with Crippen LogP contribution in [0.25, 0.3) is 0 Å². The second-order valence-corrected chi connectivity index (χ2v) is 3.17. The summed E-state index contributed by atoms with van der Waals surface area (Å²) >= 11 is 0. The molecule has 0 heterocycles. The van der Waals surface area contributed by atoms with Crippen LogP contribution in [0.5, 0.6) is 0 Å². The molecule has 0 amide bonds. The van der Waals surface area contributed by atoms with Gasteiger partial charge < -0.3 is 0 Å². The topological polar surface area (TPSA) is 35.8 Å². The Balaban J connectivity index is 3.75. The summed E-state index contributed by atoms with van der Waals surface area (Å²) < 4.78 is 0. The zero-order valence-electron chi connectivity index (χ0n) is 7.18. The quantitative estimate of drug-likeness (QED) is 0.645. The molecule has 0 aliphatic rings. The van der Waals surface area contributed by atoms with E-state index in [1.165, 1.54) is 0 Å². The highest BCUT2D eigenvalue weighted by Gasteiger charge is 2.11. The second kappa shape index (κ2) is 4.29. The molecule has 0 rings (SSSR count).